The topological polar surface area (TPSA) is 71.0 Å². The van der Waals surface area contributed by atoms with Gasteiger partial charge in [-0.05, 0) is 31.8 Å². The third kappa shape index (κ3) is 4.93. The highest BCUT2D eigenvalue weighted by atomic mass is 32.1. The third-order valence-corrected chi connectivity index (χ3v) is 4.88. The number of hydrogen-bond acceptors (Lipinski definition) is 6. The fourth-order valence-corrected chi connectivity index (χ4v) is 3.50. The van der Waals surface area contributed by atoms with Crippen molar-refractivity contribution in [1.82, 2.24) is 25.2 Å². The second-order valence-electron chi connectivity index (χ2n) is 6.19. The van der Waals surface area contributed by atoms with E-state index in [1.54, 1.807) is 35.6 Å². The largest absolute Gasteiger partial charge is 0.354 e. The van der Waals surface area contributed by atoms with Gasteiger partial charge in [0.2, 0.25) is 5.91 Å². The molecule has 2 heterocycles. The number of benzene rings is 1. The summed E-state index contributed by atoms with van der Waals surface area (Å²) in [6.07, 6.45) is 5.55. The van der Waals surface area contributed by atoms with E-state index in [1.165, 1.54) is 23.5 Å². The first kappa shape index (κ1) is 19.1. The van der Waals surface area contributed by atoms with Crippen molar-refractivity contribution in [2.45, 2.75) is 12.5 Å². The van der Waals surface area contributed by atoms with Gasteiger partial charge in [0.1, 0.15) is 22.6 Å². The fourth-order valence-electron chi connectivity index (χ4n) is 2.69. The van der Waals surface area contributed by atoms with E-state index in [-0.39, 0.29) is 11.7 Å². The molecule has 0 bridgehead atoms. The van der Waals surface area contributed by atoms with Crippen LogP contribution in [0.3, 0.4) is 0 Å². The van der Waals surface area contributed by atoms with Crippen LogP contribution >= 0.6 is 11.3 Å². The van der Waals surface area contributed by atoms with Crippen LogP contribution in [0.25, 0.3) is 10.7 Å². The van der Waals surface area contributed by atoms with Crippen LogP contribution in [-0.4, -0.2) is 46.4 Å². The van der Waals surface area contributed by atoms with Crippen molar-refractivity contribution >= 4 is 17.2 Å². The van der Waals surface area contributed by atoms with Gasteiger partial charge in [-0.1, -0.05) is 12.1 Å². The zero-order valence-corrected chi connectivity index (χ0v) is 15.9. The predicted octanol–water partition coefficient (Wildman–Crippen LogP) is 2.70. The van der Waals surface area contributed by atoms with Crippen molar-refractivity contribution in [1.29, 1.82) is 0 Å². The van der Waals surface area contributed by atoms with Crippen LogP contribution in [0.15, 0.2) is 48.2 Å². The second kappa shape index (κ2) is 8.79. The number of hydrogen-bond donors (Lipinski definition) is 1. The van der Waals surface area contributed by atoms with Crippen LogP contribution < -0.4 is 5.32 Å². The molecule has 0 aliphatic rings. The SMILES string of the molecule is CN(C)[C@@H](C(=O)NCCc1csc(-c2cnccn2)n1)c1ccc(F)cc1. The minimum Gasteiger partial charge on any atom is -0.354 e. The third-order valence-electron chi connectivity index (χ3n) is 3.96. The first-order valence-corrected chi connectivity index (χ1v) is 9.33. The highest BCUT2D eigenvalue weighted by Crippen LogP contribution is 2.21. The number of rotatable bonds is 7. The summed E-state index contributed by atoms with van der Waals surface area (Å²) in [5.74, 6) is -0.449. The minimum absolute atomic E-state index is 0.129. The maximum Gasteiger partial charge on any atom is 0.241 e. The average molecular weight is 385 g/mol. The molecule has 1 amide bonds. The monoisotopic (exact) mass is 385 g/mol. The smallest absolute Gasteiger partial charge is 0.241 e. The van der Waals surface area contributed by atoms with Crippen molar-refractivity contribution in [3.63, 3.8) is 0 Å². The van der Waals surface area contributed by atoms with Gasteiger partial charge in [-0.25, -0.2) is 9.37 Å². The summed E-state index contributed by atoms with van der Waals surface area (Å²) >= 11 is 1.50. The Kier molecular flexibility index (Phi) is 6.20. The molecule has 27 heavy (non-hydrogen) atoms. The summed E-state index contributed by atoms with van der Waals surface area (Å²) in [7, 11) is 3.64. The Balaban J connectivity index is 1.58. The Bertz CT molecular complexity index is 883. The molecule has 0 radical (unpaired) electrons. The molecular formula is C19H20FN5OS. The lowest BCUT2D eigenvalue weighted by Gasteiger charge is -2.23. The van der Waals surface area contributed by atoms with Gasteiger partial charge in [-0.3, -0.25) is 19.7 Å². The molecule has 0 saturated heterocycles. The van der Waals surface area contributed by atoms with Crippen molar-refractivity contribution in [2.75, 3.05) is 20.6 Å². The molecule has 1 N–H and O–H groups in total. The molecular weight excluding hydrogens is 365 g/mol. The van der Waals surface area contributed by atoms with E-state index in [1.807, 2.05) is 19.5 Å². The van der Waals surface area contributed by atoms with E-state index < -0.39 is 6.04 Å². The normalized spacial score (nSPS) is 12.1. The van der Waals surface area contributed by atoms with Gasteiger partial charge in [-0.15, -0.1) is 11.3 Å². The number of nitrogens with one attached hydrogen (secondary N) is 1. The van der Waals surface area contributed by atoms with Gasteiger partial charge in [-0.2, -0.15) is 0 Å². The summed E-state index contributed by atoms with van der Waals surface area (Å²) in [6, 6.07) is 5.52. The van der Waals surface area contributed by atoms with E-state index in [0.29, 0.717) is 13.0 Å². The summed E-state index contributed by atoms with van der Waals surface area (Å²) in [5.41, 5.74) is 2.38. The number of carbonyl (C=O) groups excluding carboxylic acids is 1. The molecule has 0 aliphatic carbocycles. The van der Waals surface area contributed by atoms with E-state index in [4.69, 9.17) is 0 Å². The van der Waals surface area contributed by atoms with Crippen molar-refractivity contribution in [3.05, 3.63) is 65.3 Å². The molecule has 0 aliphatic heterocycles. The number of thiazole rings is 1. The molecule has 140 valence electrons. The fraction of sp³-hybridized carbons (Fsp3) is 0.263. The van der Waals surface area contributed by atoms with Gasteiger partial charge in [0.15, 0.2) is 0 Å². The lowest BCUT2D eigenvalue weighted by Crippen LogP contribution is -2.37. The van der Waals surface area contributed by atoms with Gasteiger partial charge < -0.3 is 5.32 Å². The molecule has 3 aromatic rings. The van der Waals surface area contributed by atoms with Crippen LogP contribution in [0.1, 0.15) is 17.3 Å². The molecule has 0 saturated carbocycles. The molecule has 3 rings (SSSR count). The number of aromatic nitrogens is 3. The maximum absolute atomic E-state index is 13.1. The summed E-state index contributed by atoms with van der Waals surface area (Å²) < 4.78 is 13.1. The summed E-state index contributed by atoms with van der Waals surface area (Å²) in [4.78, 5) is 27.2. The maximum atomic E-state index is 13.1. The number of likely N-dealkylation sites (N-methyl/N-ethyl adjacent to an activating group) is 1. The standard InChI is InChI=1S/C19H20FN5OS/c1-25(2)17(13-3-5-14(20)6-4-13)18(26)23-8-7-15-12-27-19(24-15)16-11-21-9-10-22-16/h3-6,9-12,17H,7-8H2,1-2H3,(H,23,26)/t17-/m1/s1. The van der Waals surface area contributed by atoms with Crippen LogP contribution in [0.4, 0.5) is 4.39 Å². The Hall–Kier alpha value is -2.71. The van der Waals surface area contributed by atoms with Gasteiger partial charge in [0, 0.05) is 30.7 Å². The molecule has 6 nitrogen and oxygen atoms in total. The summed E-state index contributed by atoms with van der Waals surface area (Å²) in [6.45, 7) is 0.466. The Morgan fingerprint density at radius 3 is 2.70 bits per heavy atom. The molecule has 1 aromatic carbocycles. The van der Waals surface area contributed by atoms with E-state index in [0.717, 1.165) is 22.0 Å². The zero-order chi connectivity index (χ0) is 19.2. The molecule has 1 atom stereocenters. The molecule has 2 aromatic heterocycles. The van der Waals surface area contributed by atoms with Gasteiger partial charge in [0.05, 0.1) is 11.9 Å². The molecule has 8 heteroatoms. The van der Waals surface area contributed by atoms with Gasteiger partial charge >= 0.3 is 0 Å². The Labute approximate surface area is 161 Å². The Morgan fingerprint density at radius 1 is 1.26 bits per heavy atom. The first-order chi connectivity index (χ1) is 13.0. The molecule has 0 unspecified atom stereocenters. The van der Waals surface area contributed by atoms with E-state index >= 15 is 0 Å². The lowest BCUT2D eigenvalue weighted by atomic mass is 10.1. The van der Waals surface area contributed by atoms with E-state index in [2.05, 4.69) is 20.3 Å². The number of carbonyl (C=O) groups is 1. The van der Waals surface area contributed by atoms with E-state index in [9.17, 15) is 9.18 Å². The van der Waals surface area contributed by atoms with Crippen molar-refractivity contribution in [3.8, 4) is 10.7 Å². The van der Waals surface area contributed by atoms with Gasteiger partial charge in [0.25, 0.3) is 0 Å². The highest BCUT2D eigenvalue weighted by molar-refractivity contribution is 7.13. The van der Waals surface area contributed by atoms with Crippen LogP contribution in [0.5, 0.6) is 0 Å². The van der Waals surface area contributed by atoms with Crippen LogP contribution in [0, 0.1) is 5.82 Å². The van der Waals surface area contributed by atoms with Crippen molar-refractivity contribution in [2.24, 2.45) is 0 Å². The zero-order valence-electron chi connectivity index (χ0n) is 15.1. The predicted molar refractivity (Wildman–Crippen MR) is 103 cm³/mol. The van der Waals surface area contributed by atoms with Crippen molar-refractivity contribution < 1.29 is 9.18 Å². The number of nitrogens with zero attached hydrogens (tertiary/aromatic N) is 4. The van der Waals surface area contributed by atoms with Crippen LogP contribution in [-0.2, 0) is 11.2 Å². The minimum atomic E-state index is -0.476. The van der Waals surface area contributed by atoms with Crippen LogP contribution in [0.2, 0.25) is 0 Å². The second-order valence-corrected chi connectivity index (χ2v) is 7.05. The number of amides is 1. The molecule has 0 spiro atoms. The highest BCUT2D eigenvalue weighted by Gasteiger charge is 2.22. The Morgan fingerprint density at radius 2 is 2.04 bits per heavy atom. The first-order valence-electron chi connectivity index (χ1n) is 8.45. The average Bonchev–Trinajstić information content (AvgIpc) is 3.13. The summed E-state index contributed by atoms with van der Waals surface area (Å²) in [5, 5.41) is 5.70. The lowest BCUT2D eigenvalue weighted by molar-refractivity contribution is -0.125. The number of halogens is 1. The molecule has 0 fully saturated rings. The quantitative estimate of drug-likeness (QED) is 0.677.